The molecule has 2 aromatic rings. The van der Waals surface area contributed by atoms with Gasteiger partial charge in [-0.25, -0.2) is 0 Å². The first kappa shape index (κ1) is 10.8. The second-order valence-corrected chi connectivity index (χ2v) is 5.11. The van der Waals surface area contributed by atoms with Crippen molar-refractivity contribution in [1.82, 2.24) is 9.88 Å². The fourth-order valence-electron chi connectivity index (χ4n) is 2.84. The highest BCUT2D eigenvalue weighted by atomic mass is 15.1. The second-order valence-electron chi connectivity index (χ2n) is 5.11. The van der Waals surface area contributed by atoms with Gasteiger partial charge in [-0.2, -0.15) is 0 Å². The van der Waals surface area contributed by atoms with Crippen LogP contribution < -0.4 is 0 Å². The van der Waals surface area contributed by atoms with Crippen LogP contribution in [-0.4, -0.2) is 23.0 Å². The standard InChI is InChI=1S/C15H20N2/c1-12-13-7-3-4-8-14(13)16-15(12)11-17-9-5-2-6-10-17/h3-4,7-8,16H,2,5-6,9-11H2,1H3. The Morgan fingerprint density at radius 2 is 1.88 bits per heavy atom. The molecule has 0 atom stereocenters. The molecule has 0 unspecified atom stereocenters. The smallest absolute Gasteiger partial charge is 0.0459 e. The topological polar surface area (TPSA) is 19.0 Å². The van der Waals surface area contributed by atoms with Crippen LogP contribution in [0, 0.1) is 6.92 Å². The van der Waals surface area contributed by atoms with Gasteiger partial charge in [-0.3, -0.25) is 4.90 Å². The molecule has 1 aliphatic rings. The van der Waals surface area contributed by atoms with E-state index in [1.165, 1.54) is 54.5 Å². The fourth-order valence-corrected chi connectivity index (χ4v) is 2.84. The Bertz CT molecular complexity index is 507. The van der Waals surface area contributed by atoms with Crippen LogP contribution in [0.25, 0.3) is 10.9 Å². The minimum atomic E-state index is 1.08. The molecule has 3 rings (SSSR count). The van der Waals surface area contributed by atoms with Crippen molar-refractivity contribution >= 4 is 10.9 Å². The third kappa shape index (κ3) is 2.09. The van der Waals surface area contributed by atoms with Crippen molar-refractivity contribution < 1.29 is 0 Å². The molecule has 0 aliphatic carbocycles. The first-order valence-electron chi connectivity index (χ1n) is 6.63. The van der Waals surface area contributed by atoms with Crippen LogP contribution in [0.15, 0.2) is 24.3 Å². The van der Waals surface area contributed by atoms with E-state index < -0.39 is 0 Å². The van der Waals surface area contributed by atoms with Crippen molar-refractivity contribution in [2.24, 2.45) is 0 Å². The van der Waals surface area contributed by atoms with Crippen LogP contribution >= 0.6 is 0 Å². The van der Waals surface area contributed by atoms with Gasteiger partial charge in [0, 0.05) is 23.1 Å². The number of hydrogen-bond acceptors (Lipinski definition) is 1. The van der Waals surface area contributed by atoms with E-state index in [1.54, 1.807) is 0 Å². The van der Waals surface area contributed by atoms with Crippen LogP contribution in [0.3, 0.4) is 0 Å². The average molecular weight is 228 g/mol. The molecule has 1 fully saturated rings. The number of rotatable bonds is 2. The summed E-state index contributed by atoms with van der Waals surface area (Å²) in [5.74, 6) is 0. The van der Waals surface area contributed by atoms with Crippen LogP contribution in [0.5, 0.6) is 0 Å². The Kier molecular flexibility index (Phi) is 2.89. The first-order valence-corrected chi connectivity index (χ1v) is 6.63. The molecule has 1 saturated heterocycles. The van der Waals surface area contributed by atoms with Gasteiger partial charge in [-0.05, 0) is 44.5 Å². The zero-order valence-electron chi connectivity index (χ0n) is 10.5. The van der Waals surface area contributed by atoms with Crippen molar-refractivity contribution in [2.75, 3.05) is 13.1 Å². The average Bonchev–Trinajstić information content (AvgIpc) is 2.68. The van der Waals surface area contributed by atoms with Gasteiger partial charge in [-0.15, -0.1) is 0 Å². The predicted octanol–water partition coefficient (Wildman–Crippen LogP) is 3.46. The Morgan fingerprint density at radius 1 is 1.12 bits per heavy atom. The highest BCUT2D eigenvalue weighted by molar-refractivity contribution is 5.84. The molecule has 1 aromatic heterocycles. The number of piperidine rings is 1. The highest BCUT2D eigenvalue weighted by Gasteiger charge is 2.13. The number of hydrogen-bond donors (Lipinski definition) is 1. The molecule has 0 radical (unpaired) electrons. The van der Waals surface area contributed by atoms with Gasteiger partial charge in [0.1, 0.15) is 0 Å². The molecular weight excluding hydrogens is 208 g/mol. The lowest BCUT2D eigenvalue weighted by Crippen LogP contribution is -2.29. The number of likely N-dealkylation sites (tertiary alicyclic amines) is 1. The molecule has 90 valence electrons. The van der Waals surface area contributed by atoms with E-state index in [2.05, 4.69) is 41.1 Å². The number of aromatic nitrogens is 1. The molecule has 2 nitrogen and oxygen atoms in total. The normalized spacial score (nSPS) is 17.7. The number of H-pyrrole nitrogens is 1. The molecule has 0 saturated carbocycles. The van der Waals surface area contributed by atoms with Gasteiger partial charge in [0.05, 0.1) is 0 Å². The SMILES string of the molecule is Cc1c(CN2CCCCC2)[nH]c2ccccc12. The van der Waals surface area contributed by atoms with Gasteiger partial charge >= 0.3 is 0 Å². The minimum absolute atomic E-state index is 1.08. The maximum absolute atomic E-state index is 3.57. The molecule has 2 heteroatoms. The zero-order chi connectivity index (χ0) is 11.7. The summed E-state index contributed by atoms with van der Waals surface area (Å²) in [5.41, 5.74) is 4.09. The molecule has 0 spiro atoms. The molecule has 1 aliphatic heterocycles. The van der Waals surface area contributed by atoms with Gasteiger partial charge in [-0.1, -0.05) is 24.6 Å². The maximum atomic E-state index is 3.57. The lowest BCUT2D eigenvalue weighted by molar-refractivity contribution is 0.218. The lowest BCUT2D eigenvalue weighted by Gasteiger charge is -2.26. The number of nitrogens with zero attached hydrogens (tertiary/aromatic N) is 1. The maximum Gasteiger partial charge on any atom is 0.0459 e. The second kappa shape index (κ2) is 4.53. The molecule has 1 N–H and O–H groups in total. The Hall–Kier alpha value is -1.28. The summed E-state index contributed by atoms with van der Waals surface area (Å²) in [6, 6.07) is 8.60. The Balaban J connectivity index is 1.87. The van der Waals surface area contributed by atoms with Crippen molar-refractivity contribution in [3.05, 3.63) is 35.5 Å². The molecule has 17 heavy (non-hydrogen) atoms. The summed E-state index contributed by atoms with van der Waals surface area (Å²) in [6.07, 6.45) is 4.13. The summed E-state index contributed by atoms with van der Waals surface area (Å²) in [4.78, 5) is 6.14. The number of fused-ring (bicyclic) bond motifs is 1. The molecule has 2 heterocycles. The van der Waals surface area contributed by atoms with Crippen molar-refractivity contribution in [3.63, 3.8) is 0 Å². The van der Waals surface area contributed by atoms with Gasteiger partial charge < -0.3 is 4.98 Å². The molecule has 0 bridgehead atoms. The fraction of sp³-hybridized carbons (Fsp3) is 0.467. The van der Waals surface area contributed by atoms with Gasteiger partial charge in [0.15, 0.2) is 0 Å². The highest BCUT2D eigenvalue weighted by Crippen LogP contribution is 2.23. The van der Waals surface area contributed by atoms with Crippen molar-refractivity contribution in [3.8, 4) is 0 Å². The van der Waals surface area contributed by atoms with Crippen molar-refractivity contribution in [1.29, 1.82) is 0 Å². The number of nitrogens with one attached hydrogen (secondary N) is 1. The molecule has 1 aromatic carbocycles. The van der Waals surface area contributed by atoms with E-state index in [9.17, 15) is 0 Å². The van der Waals surface area contributed by atoms with Crippen LogP contribution in [0.4, 0.5) is 0 Å². The van der Waals surface area contributed by atoms with E-state index in [4.69, 9.17) is 0 Å². The van der Waals surface area contributed by atoms with Crippen LogP contribution in [-0.2, 0) is 6.54 Å². The summed E-state index contributed by atoms with van der Waals surface area (Å²) >= 11 is 0. The van der Waals surface area contributed by atoms with Gasteiger partial charge in [0.25, 0.3) is 0 Å². The monoisotopic (exact) mass is 228 g/mol. The largest absolute Gasteiger partial charge is 0.357 e. The Labute approximate surface area is 103 Å². The number of aromatic amines is 1. The summed E-state index contributed by atoms with van der Waals surface area (Å²) in [5, 5.41) is 1.37. The van der Waals surface area contributed by atoms with Crippen LogP contribution in [0.2, 0.25) is 0 Å². The van der Waals surface area contributed by atoms with E-state index in [-0.39, 0.29) is 0 Å². The molecular formula is C15H20N2. The Morgan fingerprint density at radius 3 is 2.65 bits per heavy atom. The lowest BCUT2D eigenvalue weighted by atomic mass is 10.1. The molecule has 0 amide bonds. The number of para-hydroxylation sites is 1. The van der Waals surface area contributed by atoms with Crippen LogP contribution in [0.1, 0.15) is 30.5 Å². The first-order chi connectivity index (χ1) is 8.34. The van der Waals surface area contributed by atoms with E-state index in [0.29, 0.717) is 0 Å². The minimum Gasteiger partial charge on any atom is -0.357 e. The quantitative estimate of drug-likeness (QED) is 0.834. The number of aryl methyl sites for hydroxylation is 1. The summed E-state index contributed by atoms with van der Waals surface area (Å²) in [6.45, 7) is 5.84. The summed E-state index contributed by atoms with van der Waals surface area (Å²) < 4.78 is 0. The predicted molar refractivity (Wildman–Crippen MR) is 72.2 cm³/mol. The third-order valence-electron chi connectivity index (χ3n) is 3.90. The van der Waals surface area contributed by atoms with Crippen molar-refractivity contribution in [2.45, 2.75) is 32.7 Å². The van der Waals surface area contributed by atoms with E-state index in [1.807, 2.05) is 0 Å². The zero-order valence-corrected chi connectivity index (χ0v) is 10.5. The van der Waals surface area contributed by atoms with Gasteiger partial charge in [0.2, 0.25) is 0 Å². The summed E-state index contributed by atoms with van der Waals surface area (Å²) in [7, 11) is 0. The number of benzene rings is 1. The van der Waals surface area contributed by atoms with E-state index in [0.717, 1.165) is 6.54 Å². The van der Waals surface area contributed by atoms with E-state index >= 15 is 0 Å². The third-order valence-corrected chi connectivity index (χ3v) is 3.90.